The van der Waals surface area contributed by atoms with Gasteiger partial charge in [-0.2, -0.15) is 4.98 Å². The molecule has 2 N–H and O–H groups in total. The summed E-state index contributed by atoms with van der Waals surface area (Å²) in [6.45, 7) is 10.7. The second kappa shape index (κ2) is 9.87. The fourth-order valence-corrected chi connectivity index (χ4v) is 4.16. The number of aryl methyl sites for hydroxylation is 1. The van der Waals surface area contributed by atoms with Crippen molar-refractivity contribution in [3.63, 3.8) is 0 Å². The third-order valence-electron chi connectivity index (χ3n) is 5.10. The number of nitrogens with zero attached hydrogens (tertiary/aromatic N) is 2. The van der Waals surface area contributed by atoms with Crippen molar-refractivity contribution in [3.05, 3.63) is 11.8 Å². The molecular weight excluding hydrogens is 376 g/mol. The summed E-state index contributed by atoms with van der Waals surface area (Å²) in [5.74, 6) is 1.70. The molecular formula is C20H36N4O3S. The van der Waals surface area contributed by atoms with Crippen molar-refractivity contribution < 1.29 is 13.2 Å². The Hall–Kier alpha value is -1.41. The summed E-state index contributed by atoms with van der Waals surface area (Å²) in [6.07, 6.45) is 5.78. The van der Waals surface area contributed by atoms with Crippen LogP contribution in [0.15, 0.2) is 6.07 Å². The first-order valence-corrected chi connectivity index (χ1v) is 11.8. The third-order valence-corrected chi connectivity index (χ3v) is 7.36. The largest absolute Gasteiger partial charge is 0.478 e. The van der Waals surface area contributed by atoms with Crippen molar-refractivity contribution in [1.82, 2.24) is 14.7 Å². The molecule has 1 heterocycles. The molecule has 160 valence electrons. The van der Waals surface area contributed by atoms with E-state index in [2.05, 4.69) is 26.9 Å². The average Bonchev–Trinajstić information content (AvgIpc) is 2.60. The SMILES string of the molecule is CCCCOc1cc(C)nc(NCC2CCC(NS(=O)(=O)C(C)(C)C)CC2)n1. The van der Waals surface area contributed by atoms with Gasteiger partial charge in [0.2, 0.25) is 21.9 Å². The van der Waals surface area contributed by atoms with Gasteiger partial charge in [0.25, 0.3) is 0 Å². The summed E-state index contributed by atoms with van der Waals surface area (Å²) in [7, 11) is -3.29. The lowest BCUT2D eigenvalue weighted by Crippen LogP contribution is -2.46. The van der Waals surface area contributed by atoms with Crippen molar-refractivity contribution in [1.29, 1.82) is 0 Å². The van der Waals surface area contributed by atoms with Crippen molar-refractivity contribution in [3.8, 4) is 5.88 Å². The number of hydrogen-bond donors (Lipinski definition) is 2. The number of rotatable bonds is 9. The molecule has 0 saturated heterocycles. The Morgan fingerprint density at radius 3 is 2.46 bits per heavy atom. The van der Waals surface area contributed by atoms with Crippen LogP contribution in [0.2, 0.25) is 0 Å². The second-order valence-electron chi connectivity index (χ2n) is 8.71. The Morgan fingerprint density at radius 1 is 1.18 bits per heavy atom. The molecule has 7 nitrogen and oxygen atoms in total. The fourth-order valence-electron chi connectivity index (χ4n) is 3.13. The maximum atomic E-state index is 12.3. The molecule has 1 aliphatic carbocycles. The Morgan fingerprint density at radius 2 is 1.86 bits per heavy atom. The van der Waals surface area contributed by atoms with E-state index in [0.29, 0.717) is 24.4 Å². The van der Waals surface area contributed by atoms with Gasteiger partial charge >= 0.3 is 0 Å². The zero-order valence-electron chi connectivity index (χ0n) is 17.9. The lowest BCUT2D eigenvalue weighted by atomic mass is 9.86. The van der Waals surface area contributed by atoms with Gasteiger partial charge in [0.05, 0.1) is 11.4 Å². The monoisotopic (exact) mass is 412 g/mol. The van der Waals surface area contributed by atoms with Crippen LogP contribution in [0, 0.1) is 12.8 Å². The molecule has 8 heteroatoms. The molecule has 0 bridgehead atoms. The summed E-state index contributed by atoms with van der Waals surface area (Å²) in [6, 6.07) is 1.89. The van der Waals surface area contributed by atoms with Gasteiger partial charge in [-0.05, 0) is 65.7 Å². The number of nitrogens with one attached hydrogen (secondary N) is 2. The number of unbranched alkanes of at least 4 members (excludes halogenated alkanes) is 1. The Balaban J connectivity index is 1.81. The number of ether oxygens (including phenoxy) is 1. The normalized spacial score (nSPS) is 20.8. The van der Waals surface area contributed by atoms with Crippen LogP contribution >= 0.6 is 0 Å². The number of anilines is 1. The van der Waals surface area contributed by atoms with Crippen LogP contribution in [-0.4, -0.2) is 42.3 Å². The smallest absolute Gasteiger partial charge is 0.226 e. The van der Waals surface area contributed by atoms with E-state index in [1.165, 1.54) is 0 Å². The summed E-state index contributed by atoms with van der Waals surface area (Å²) in [5, 5.41) is 3.33. The van der Waals surface area contributed by atoms with Crippen LogP contribution in [0.4, 0.5) is 5.95 Å². The molecule has 0 aliphatic heterocycles. The molecule has 0 radical (unpaired) electrons. The molecule has 0 atom stereocenters. The molecule has 1 saturated carbocycles. The highest BCUT2D eigenvalue weighted by molar-refractivity contribution is 7.90. The predicted molar refractivity (Wildman–Crippen MR) is 113 cm³/mol. The second-order valence-corrected chi connectivity index (χ2v) is 11.2. The summed E-state index contributed by atoms with van der Waals surface area (Å²) >= 11 is 0. The molecule has 0 aromatic carbocycles. The minimum atomic E-state index is -3.29. The fraction of sp³-hybridized carbons (Fsp3) is 0.800. The molecule has 0 spiro atoms. The van der Waals surface area contributed by atoms with E-state index in [4.69, 9.17) is 4.74 Å². The number of aromatic nitrogens is 2. The lowest BCUT2D eigenvalue weighted by molar-refractivity contribution is 0.297. The lowest BCUT2D eigenvalue weighted by Gasteiger charge is -2.31. The van der Waals surface area contributed by atoms with Crippen molar-refractivity contribution in [2.75, 3.05) is 18.5 Å². The van der Waals surface area contributed by atoms with Crippen molar-refractivity contribution in [2.45, 2.75) is 83.9 Å². The molecule has 0 unspecified atom stereocenters. The first-order chi connectivity index (χ1) is 13.1. The Bertz CT molecular complexity index is 723. The van der Waals surface area contributed by atoms with E-state index >= 15 is 0 Å². The zero-order chi connectivity index (χ0) is 20.8. The molecule has 2 rings (SSSR count). The minimum absolute atomic E-state index is 0.0364. The van der Waals surface area contributed by atoms with Gasteiger partial charge in [0.1, 0.15) is 0 Å². The molecule has 1 aromatic rings. The van der Waals surface area contributed by atoms with Crippen LogP contribution < -0.4 is 14.8 Å². The van der Waals surface area contributed by atoms with Gasteiger partial charge in [0, 0.05) is 24.3 Å². The standard InChI is InChI=1S/C20H36N4O3S/c1-6-7-12-27-18-13-15(2)22-19(23-18)21-14-16-8-10-17(11-9-16)24-28(25,26)20(3,4)5/h13,16-17,24H,6-12,14H2,1-5H3,(H,21,22,23). The zero-order valence-corrected chi connectivity index (χ0v) is 18.7. The van der Waals surface area contributed by atoms with Gasteiger partial charge in [-0.15, -0.1) is 0 Å². The summed E-state index contributed by atoms with van der Waals surface area (Å²) in [5.41, 5.74) is 0.879. The van der Waals surface area contributed by atoms with Crippen LogP contribution in [-0.2, 0) is 10.0 Å². The van der Waals surface area contributed by atoms with Gasteiger partial charge in [-0.1, -0.05) is 13.3 Å². The molecule has 1 aliphatic rings. The van der Waals surface area contributed by atoms with Crippen LogP contribution in [0.3, 0.4) is 0 Å². The number of sulfonamides is 1. The highest BCUT2D eigenvalue weighted by atomic mass is 32.2. The number of hydrogen-bond acceptors (Lipinski definition) is 6. The first kappa shape index (κ1) is 22.9. The topological polar surface area (TPSA) is 93.2 Å². The Kier molecular flexibility index (Phi) is 8.07. The highest BCUT2D eigenvalue weighted by Gasteiger charge is 2.32. The van der Waals surface area contributed by atoms with Gasteiger partial charge in [-0.3, -0.25) is 0 Å². The van der Waals surface area contributed by atoms with E-state index in [1.807, 2.05) is 13.0 Å². The van der Waals surface area contributed by atoms with E-state index in [-0.39, 0.29) is 6.04 Å². The van der Waals surface area contributed by atoms with Crippen molar-refractivity contribution >= 4 is 16.0 Å². The molecule has 1 fully saturated rings. The van der Waals surface area contributed by atoms with E-state index in [9.17, 15) is 8.42 Å². The maximum absolute atomic E-state index is 12.3. The van der Waals surface area contributed by atoms with E-state index < -0.39 is 14.8 Å². The van der Waals surface area contributed by atoms with Crippen LogP contribution in [0.25, 0.3) is 0 Å². The van der Waals surface area contributed by atoms with Gasteiger partial charge < -0.3 is 10.1 Å². The van der Waals surface area contributed by atoms with Crippen LogP contribution in [0.5, 0.6) is 5.88 Å². The van der Waals surface area contributed by atoms with Gasteiger partial charge in [0.15, 0.2) is 0 Å². The molecule has 28 heavy (non-hydrogen) atoms. The van der Waals surface area contributed by atoms with Gasteiger partial charge in [-0.25, -0.2) is 18.1 Å². The average molecular weight is 413 g/mol. The van der Waals surface area contributed by atoms with E-state index in [1.54, 1.807) is 20.8 Å². The van der Waals surface area contributed by atoms with Crippen molar-refractivity contribution in [2.24, 2.45) is 5.92 Å². The minimum Gasteiger partial charge on any atom is -0.478 e. The van der Waals surface area contributed by atoms with Crippen LogP contribution in [0.1, 0.15) is 71.9 Å². The third kappa shape index (κ3) is 6.88. The van der Waals surface area contributed by atoms with E-state index in [0.717, 1.165) is 50.8 Å². The quantitative estimate of drug-likeness (QED) is 0.601. The summed E-state index contributed by atoms with van der Waals surface area (Å²) < 4.78 is 32.4. The maximum Gasteiger partial charge on any atom is 0.226 e. The first-order valence-electron chi connectivity index (χ1n) is 10.3. The highest BCUT2D eigenvalue weighted by Crippen LogP contribution is 2.26. The molecule has 0 amide bonds. The molecule has 1 aromatic heterocycles. The Labute approximate surface area is 170 Å². The predicted octanol–water partition coefficient (Wildman–Crippen LogP) is 3.65. The summed E-state index contributed by atoms with van der Waals surface area (Å²) in [4.78, 5) is 8.89.